The monoisotopic (exact) mass is 227 g/mol. The van der Waals surface area contributed by atoms with E-state index in [1.165, 1.54) is 12.8 Å². The van der Waals surface area contributed by atoms with Gasteiger partial charge < -0.3 is 0 Å². The van der Waals surface area contributed by atoms with Gasteiger partial charge in [-0.2, -0.15) is 0 Å². The van der Waals surface area contributed by atoms with E-state index in [1.54, 1.807) is 4.68 Å². The number of nitrogens with zero attached hydrogens (tertiary/aromatic N) is 3. The molecule has 1 heterocycles. The van der Waals surface area contributed by atoms with Gasteiger partial charge in [-0.15, -0.1) is 16.7 Å². The molecule has 0 amide bonds. The van der Waals surface area contributed by atoms with Gasteiger partial charge in [0.05, 0.1) is 5.69 Å². The second kappa shape index (κ2) is 4.52. The van der Waals surface area contributed by atoms with E-state index in [-0.39, 0.29) is 0 Å². The van der Waals surface area contributed by atoms with Gasteiger partial charge in [0.1, 0.15) is 0 Å². The van der Waals surface area contributed by atoms with Crippen molar-refractivity contribution in [3.63, 3.8) is 0 Å². The molecule has 1 aliphatic carbocycles. The van der Waals surface area contributed by atoms with Crippen molar-refractivity contribution in [2.75, 3.05) is 0 Å². The number of aryl methyl sites for hydroxylation is 1. The summed E-state index contributed by atoms with van der Waals surface area (Å²) in [5.41, 5.74) is 1.10. The summed E-state index contributed by atoms with van der Waals surface area (Å²) in [6.07, 6.45) is 6.57. The maximum atomic E-state index is 6.21. The fraction of sp³-hybridized carbons (Fsp3) is 0.818. The molecule has 3 nitrogen and oxygen atoms in total. The number of hydrogen-bond donors (Lipinski definition) is 0. The molecule has 15 heavy (non-hydrogen) atoms. The lowest BCUT2D eigenvalue weighted by Crippen LogP contribution is -2.25. The highest BCUT2D eigenvalue weighted by molar-refractivity contribution is 6.20. The van der Waals surface area contributed by atoms with Crippen molar-refractivity contribution in [3.05, 3.63) is 11.9 Å². The van der Waals surface area contributed by atoms with Crippen LogP contribution in [-0.4, -0.2) is 20.4 Å². The highest BCUT2D eigenvalue weighted by Gasteiger charge is 2.27. The normalized spacial score (nSPS) is 31.8. The minimum atomic E-state index is 0.364. The molecular formula is C11H18ClN3. The Morgan fingerprint density at radius 3 is 3.00 bits per heavy atom. The second-order valence-corrected chi connectivity index (χ2v) is 5.35. The van der Waals surface area contributed by atoms with Gasteiger partial charge in [-0.3, -0.25) is 4.68 Å². The molecule has 1 aromatic heterocycles. The van der Waals surface area contributed by atoms with Gasteiger partial charge in [0.2, 0.25) is 0 Å². The Hall–Kier alpha value is -0.570. The van der Waals surface area contributed by atoms with E-state index in [0.717, 1.165) is 24.5 Å². The van der Waals surface area contributed by atoms with Crippen molar-refractivity contribution < 1.29 is 0 Å². The highest BCUT2D eigenvalue weighted by Crippen LogP contribution is 2.34. The van der Waals surface area contributed by atoms with Crippen LogP contribution in [0.25, 0.3) is 0 Å². The van der Waals surface area contributed by atoms with Gasteiger partial charge in [-0.25, -0.2) is 0 Å². The minimum absolute atomic E-state index is 0.364. The van der Waals surface area contributed by atoms with Crippen LogP contribution < -0.4 is 0 Å². The van der Waals surface area contributed by atoms with Crippen LogP contribution in [0.2, 0.25) is 0 Å². The highest BCUT2D eigenvalue weighted by atomic mass is 35.5. The lowest BCUT2D eigenvalue weighted by atomic mass is 9.78. The number of halogens is 1. The summed E-state index contributed by atoms with van der Waals surface area (Å²) >= 11 is 6.21. The van der Waals surface area contributed by atoms with Crippen LogP contribution in [0, 0.1) is 11.8 Å². The molecule has 0 N–H and O–H groups in total. The van der Waals surface area contributed by atoms with E-state index >= 15 is 0 Å². The van der Waals surface area contributed by atoms with Crippen LogP contribution in [0.5, 0.6) is 0 Å². The molecule has 0 radical (unpaired) electrons. The zero-order chi connectivity index (χ0) is 10.8. The molecule has 1 aromatic rings. The van der Waals surface area contributed by atoms with E-state index in [4.69, 9.17) is 11.6 Å². The first-order chi connectivity index (χ1) is 7.15. The lowest BCUT2D eigenvalue weighted by Gasteiger charge is -2.31. The smallest absolute Gasteiger partial charge is 0.0829 e. The molecule has 4 heteroatoms. The Balaban J connectivity index is 1.98. The molecule has 1 saturated carbocycles. The van der Waals surface area contributed by atoms with Gasteiger partial charge in [0.15, 0.2) is 0 Å². The summed E-state index contributed by atoms with van der Waals surface area (Å²) in [5.74, 6) is 1.44. The van der Waals surface area contributed by atoms with Crippen molar-refractivity contribution in [1.29, 1.82) is 0 Å². The van der Waals surface area contributed by atoms with Crippen molar-refractivity contribution in [2.45, 2.75) is 38.0 Å². The van der Waals surface area contributed by atoms with Gasteiger partial charge >= 0.3 is 0 Å². The Morgan fingerprint density at radius 1 is 1.53 bits per heavy atom. The molecule has 3 unspecified atom stereocenters. The first-order valence-electron chi connectivity index (χ1n) is 5.64. The van der Waals surface area contributed by atoms with Gasteiger partial charge in [0.25, 0.3) is 0 Å². The molecule has 0 aromatic carbocycles. The summed E-state index contributed by atoms with van der Waals surface area (Å²) in [5, 5.41) is 8.46. The van der Waals surface area contributed by atoms with Gasteiger partial charge in [0, 0.05) is 18.6 Å². The molecule has 1 fully saturated rings. The molecule has 2 rings (SSSR count). The minimum Gasteiger partial charge on any atom is -0.255 e. The number of alkyl halides is 1. The summed E-state index contributed by atoms with van der Waals surface area (Å²) in [7, 11) is 1.91. The lowest BCUT2D eigenvalue weighted by molar-refractivity contribution is 0.257. The van der Waals surface area contributed by atoms with Gasteiger partial charge in [-0.05, 0) is 37.5 Å². The zero-order valence-corrected chi connectivity index (χ0v) is 10.1. The molecule has 84 valence electrons. The number of aromatic nitrogens is 3. The standard InChI is InChI=1S/C11H18ClN3/c1-8-3-4-10(12)5-9(8)6-11-7-15(2)14-13-11/h7-10H,3-6H2,1-2H3. The van der Waals surface area contributed by atoms with E-state index in [9.17, 15) is 0 Å². The quantitative estimate of drug-likeness (QED) is 0.727. The third-order valence-electron chi connectivity index (χ3n) is 3.42. The van der Waals surface area contributed by atoms with Crippen molar-refractivity contribution in [1.82, 2.24) is 15.0 Å². The molecule has 3 atom stereocenters. The fourth-order valence-corrected chi connectivity index (χ4v) is 2.75. The van der Waals surface area contributed by atoms with E-state index in [0.29, 0.717) is 11.3 Å². The van der Waals surface area contributed by atoms with E-state index in [2.05, 4.69) is 17.2 Å². The average Bonchev–Trinajstić information content (AvgIpc) is 2.58. The third kappa shape index (κ3) is 2.71. The SMILES string of the molecule is CC1CCC(Cl)CC1Cc1cn(C)nn1. The summed E-state index contributed by atoms with van der Waals surface area (Å²) in [4.78, 5) is 0. The van der Waals surface area contributed by atoms with E-state index in [1.807, 2.05) is 13.2 Å². The topological polar surface area (TPSA) is 30.7 Å². The Labute approximate surface area is 95.8 Å². The summed E-state index contributed by atoms with van der Waals surface area (Å²) in [6.45, 7) is 2.32. The predicted molar refractivity (Wildman–Crippen MR) is 60.9 cm³/mol. The van der Waals surface area contributed by atoms with Crippen LogP contribution in [0.4, 0.5) is 0 Å². The van der Waals surface area contributed by atoms with E-state index < -0.39 is 0 Å². The third-order valence-corrected chi connectivity index (χ3v) is 3.82. The Morgan fingerprint density at radius 2 is 2.33 bits per heavy atom. The first-order valence-corrected chi connectivity index (χ1v) is 6.08. The average molecular weight is 228 g/mol. The van der Waals surface area contributed by atoms with Crippen LogP contribution in [0.3, 0.4) is 0 Å². The summed E-state index contributed by atoms with van der Waals surface area (Å²) < 4.78 is 1.76. The Kier molecular flexibility index (Phi) is 3.29. The number of rotatable bonds is 2. The summed E-state index contributed by atoms with van der Waals surface area (Å²) in [6, 6.07) is 0. The molecule has 0 bridgehead atoms. The predicted octanol–water partition coefficient (Wildman–Crippen LogP) is 2.40. The van der Waals surface area contributed by atoms with Crippen LogP contribution >= 0.6 is 11.6 Å². The van der Waals surface area contributed by atoms with Crippen LogP contribution in [-0.2, 0) is 13.5 Å². The molecule has 0 saturated heterocycles. The van der Waals surface area contributed by atoms with Gasteiger partial charge in [-0.1, -0.05) is 12.1 Å². The maximum Gasteiger partial charge on any atom is 0.0829 e. The first kappa shape index (κ1) is 10.9. The maximum absolute atomic E-state index is 6.21. The molecule has 0 aliphatic heterocycles. The zero-order valence-electron chi connectivity index (χ0n) is 9.36. The van der Waals surface area contributed by atoms with Crippen molar-refractivity contribution in [2.24, 2.45) is 18.9 Å². The fourth-order valence-electron chi connectivity index (χ4n) is 2.40. The van der Waals surface area contributed by atoms with Crippen LogP contribution in [0.15, 0.2) is 6.20 Å². The van der Waals surface area contributed by atoms with Crippen molar-refractivity contribution in [3.8, 4) is 0 Å². The number of hydrogen-bond acceptors (Lipinski definition) is 2. The molecule has 1 aliphatic rings. The second-order valence-electron chi connectivity index (χ2n) is 4.74. The Bertz CT molecular complexity index is 323. The van der Waals surface area contributed by atoms with Crippen molar-refractivity contribution >= 4 is 11.6 Å². The largest absolute Gasteiger partial charge is 0.255 e. The molecule has 0 spiro atoms. The van der Waals surface area contributed by atoms with Crippen LogP contribution in [0.1, 0.15) is 31.9 Å². The molecular weight excluding hydrogens is 210 g/mol.